The first-order valence-electron chi connectivity index (χ1n) is 7.74. The molecule has 1 aromatic heterocycles. The normalized spacial score (nSPS) is 11.7. The zero-order chi connectivity index (χ0) is 14.5. The summed E-state index contributed by atoms with van der Waals surface area (Å²) in [7, 11) is 0. The SMILES string of the molecule is CC(C)CCN(CCC(C)C)c1ccc2[nH]ncc2c1. The van der Waals surface area contributed by atoms with Crippen molar-refractivity contribution < 1.29 is 0 Å². The van der Waals surface area contributed by atoms with E-state index in [2.05, 4.69) is 61.0 Å². The lowest BCUT2D eigenvalue weighted by atomic mass is 10.1. The maximum Gasteiger partial charge on any atom is 0.0651 e. The first kappa shape index (κ1) is 14.9. The predicted octanol–water partition coefficient (Wildman–Crippen LogP) is 4.46. The minimum absolute atomic E-state index is 0.745. The van der Waals surface area contributed by atoms with Crippen molar-refractivity contribution in [2.75, 3.05) is 18.0 Å². The molecule has 0 fully saturated rings. The smallest absolute Gasteiger partial charge is 0.0651 e. The Kier molecular flexibility index (Phi) is 5.05. The van der Waals surface area contributed by atoms with Gasteiger partial charge in [0, 0.05) is 24.2 Å². The Morgan fingerprint density at radius 2 is 1.70 bits per heavy atom. The van der Waals surface area contributed by atoms with E-state index in [9.17, 15) is 0 Å². The number of hydrogen-bond donors (Lipinski definition) is 1. The van der Waals surface area contributed by atoms with Gasteiger partial charge in [0.05, 0.1) is 11.7 Å². The first-order valence-corrected chi connectivity index (χ1v) is 7.74. The Labute approximate surface area is 122 Å². The van der Waals surface area contributed by atoms with Crippen molar-refractivity contribution in [2.24, 2.45) is 11.8 Å². The molecule has 0 aliphatic heterocycles. The monoisotopic (exact) mass is 273 g/mol. The molecule has 0 amide bonds. The molecule has 0 aliphatic carbocycles. The average Bonchev–Trinajstić information content (AvgIpc) is 2.85. The highest BCUT2D eigenvalue weighted by molar-refractivity contribution is 5.82. The van der Waals surface area contributed by atoms with Gasteiger partial charge in [0.25, 0.3) is 0 Å². The summed E-state index contributed by atoms with van der Waals surface area (Å²) >= 11 is 0. The lowest BCUT2D eigenvalue weighted by Gasteiger charge is -2.26. The van der Waals surface area contributed by atoms with Crippen LogP contribution in [-0.2, 0) is 0 Å². The number of rotatable bonds is 7. The van der Waals surface area contributed by atoms with Gasteiger partial charge in [-0.05, 0) is 42.9 Å². The van der Waals surface area contributed by atoms with Gasteiger partial charge in [0.2, 0.25) is 0 Å². The molecule has 0 saturated carbocycles. The minimum atomic E-state index is 0.745. The molecule has 1 N–H and O–H groups in total. The Morgan fingerprint density at radius 1 is 1.05 bits per heavy atom. The van der Waals surface area contributed by atoms with Gasteiger partial charge in [0.1, 0.15) is 0 Å². The van der Waals surface area contributed by atoms with Crippen LogP contribution in [0.5, 0.6) is 0 Å². The van der Waals surface area contributed by atoms with Crippen LogP contribution in [0.2, 0.25) is 0 Å². The molecule has 0 atom stereocenters. The largest absolute Gasteiger partial charge is 0.371 e. The van der Waals surface area contributed by atoms with E-state index in [0.717, 1.165) is 30.4 Å². The number of nitrogens with zero attached hydrogens (tertiary/aromatic N) is 2. The number of nitrogens with one attached hydrogen (secondary N) is 1. The topological polar surface area (TPSA) is 31.9 Å². The molecule has 1 heterocycles. The summed E-state index contributed by atoms with van der Waals surface area (Å²) in [6.45, 7) is 11.4. The first-order chi connectivity index (χ1) is 9.56. The number of aromatic amines is 1. The van der Waals surface area contributed by atoms with Crippen LogP contribution in [0.4, 0.5) is 5.69 Å². The molecule has 0 saturated heterocycles. The lowest BCUT2D eigenvalue weighted by molar-refractivity contribution is 0.535. The fourth-order valence-electron chi connectivity index (χ4n) is 2.32. The Hall–Kier alpha value is -1.51. The maximum absolute atomic E-state index is 4.11. The van der Waals surface area contributed by atoms with Gasteiger partial charge < -0.3 is 4.90 Å². The lowest BCUT2D eigenvalue weighted by Crippen LogP contribution is -2.27. The zero-order valence-corrected chi connectivity index (χ0v) is 13.2. The van der Waals surface area contributed by atoms with Crippen LogP contribution < -0.4 is 4.90 Å². The van der Waals surface area contributed by atoms with E-state index in [-0.39, 0.29) is 0 Å². The molecule has 0 unspecified atom stereocenters. The molecule has 0 spiro atoms. The van der Waals surface area contributed by atoms with Gasteiger partial charge in [-0.15, -0.1) is 0 Å². The number of anilines is 1. The molecule has 20 heavy (non-hydrogen) atoms. The summed E-state index contributed by atoms with van der Waals surface area (Å²) in [4.78, 5) is 2.52. The fraction of sp³-hybridized carbons (Fsp3) is 0.588. The van der Waals surface area contributed by atoms with E-state index in [1.165, 1.54) is 23.9 Å². The standard InChI is InChI=1S/C17H27N3/c1-13(2)7-9-20(10-8-14(3)4)16-5-6-17-15(11-16)12-18-19-17/h5-6,11-14H,7-10H2,1-4H3,(H,18,19). The van der Waals surface area contributed by atoms with E-state index in [1.807, 2.05) is 6.20 Å². The van der Waals surface area contributed by atoms with Crippen molar-refractivity contribution >= 4 is 16.6 Å². The fourth-order valence-corrected chi connectivity index (χ4v) is 2.32. The molecule has 0 radical (unpaired) electrons. The van der Waals surface area contributed by atoms with Gasteiger partial charge in [-0.1, -0.05) is 27.7 Å². The summed E-state index contributed by atoms with van der Waals surface area (Å²) in [6.07, 6.45) is 4.38. The summed E-state index contributed by atoms with van der Waals surface area (Å²) in [5, 5.41) is 8.32. The maximum atomic E-state index is 4.11. The summed E-state index contributed by atoms with van der Waals surface area (Å²) < 4.78 is 0. The third kappa shape index (κ3) is 3.99. The van der Waals surface area contributed by atoms with E-state index < -0.39 is 0 Å². The Balaban J connectivity index is 2.14. The van der Waals surface area contributed by atoms with E-state index >= 15 is 0 Å². The number of fused-ring (bicyclic) bond motifs is 1. The van der Waals surface area contributed by atoms with Crippen molar-refractivity contribution in [3.05, 3.63) is 24.4 Å². The van der Waals surface area contributed by atoms with E-state index in [0.29, 0.717) is 0 Å². The summed E-state index contributed by atoms with van der Waals surface area (Å²) in [5.41, 5.74) is 2.43. The number of H-pyrrole nitrogens is 1. The molecule has 3 heteroatoms. The highest BCUT2D eigenvalue weighted by atomic mass is 15.1. The summed E-state index contributed by atoms with van der Waals surface area (Å²) in [5.74, 6) is 1.49. The quantitative estimate of drug-likeness (QED) is 0.807. The number of aromatic nitrogens is 2. The van der Waals surface area contributed by atoms with Crippen LogP contribution in [0.3, 0.4) is 0 Å². The van der Waals surface area contributed by atoms with Crippen LogP contribution in [0.15, 0.2) is 24.4 Å². The second-order valence-corrected chi connectivity index (χ2v) is 6.49. The molecular weight excluding hydrogens is 246 g/mol. The highest BCUT2D eigenvalue weighted by Crippen LogP contribution is 2.22. The summed E-state index contributed by atoms with van der Waals surface area (Å²) in [6, 6.07) is 6.59. The second-order valence-electron chi connectivity index (χ2n) is 6.49. The van der Waals surface area contributed by atoms with Crippen LogP contribution in [0.1, 0.15) is 40.5 Å². The number of hydrogen-bond acceptors (Lipinski definition) is 2. The predicted molar refractivity (Wildman–Crippen MR) is 87.2 cm³/mol. The van der Waals surface area contributed by atoms with Crippen molar-refractivity contribution in [1.29, 1.82) is 0 Å². The second kappa shape index (κ2) is 6.78. The molecule has 110 valence electrons. The molecule has 3 nitrogen and oxygen atoms in total. The Bertz CT molecular complexity index is 516. The van der Waals surface area contributed by atoms with Crippen molar-refractivity contribution in [2.45, 2.75) is 40.5 Å². The average molecular weight is 273 g/mol. The third-order valence-corrected chi connectivity index (χ3v) is 3.74. The highest BCUT2D eigenvalue weighted by Gasteiger charge is 2.09. The van der Waals surface area contributed by atoms with E-state index in [1.54, 1.807) is 0 Å². The molecular formula is C17H27N3. The molecule has 0 bridgehead atoms. The molecule has 2 aromatic rings. The van der Waals surface area contributed by atoms with Crippen LogP contribution in [0.25, 0.3) is 10.9 Å². The van der Waals surface area contributed by atoms with Gasteiger partial charge in [-0.2, -0.15) is 5.10 Å². The van der Waals surface area contributed by atoms with Crippen molar-refractivity contribution in [3.63, 3.8) is 0 Å². The van der Waals surface area contributed by atoms with Crippen LogP contribution in [-0.4, -0.2) is 23.3 Å². The van der Waals surface area contributed by atoms with Crippen LogP contribution in [0, 0.1) is 11.8 Å². The molecule has 2 rings (SSSR count). The third-order valence-electron chi connectivity index (χ3n) is 3.74. The zero-order valence-electron chi connectivity index (χ0n) is 13.2. The van der Waals surface area contributed by atoms with Crippen molar-refractivity contribution in [1.82, 2.24) is 10.2 Å². The van der Waals surface area contributed by atoms with Gasteiger partial charge in [-0.25, -0.2) is 0 Å². The molecule has 0 aliphatic rings. The van der Waals surface area contributed by atoms with Crippen molar-refractivity contribution in [3.8, 4) is 0 Å². The van der Waals surface area contributed by atoms with Gasteiger partial charge in [0.15, 0.2) is 0 Å². The Morgan fingerprint density at radius 3 is 2.30 bits per heavy atom. The van der Waals surface area contributed by atoms with Gasteiger partial charge >= 0.3 is 0 Å². The number of benzene rings is 1. The molecule has 1 aromatic carbocycles. The van der Waals surface area contributed by atoms with Gasteiger partial charge in [-0.3, -0.25) is 5.10 Å². The minimum Gasteiger partial charge on any atom is -0.371 e. The van der Waals surface area contributed by atoms with Crippen LogP contribution >= 0.6 is 0 Å². The van der Waals surface area contributed by atoms with E-state index in [4.69, 9.17) is 0 Å².